The summed E-state index contributed by atoms with van der Waals surface area (Å²) in [6.45, 7) is 0. The first-order chi connectivity index (χ1) is 16.5. The molecule has 5 rings (SSSR count). The number of hydrogen-bond acceptors (Lipinski definition) is 6. The van der Waals surface area contributed by atoms with Gasteiger partial charge in [-0.15, -0.1) is 22.7 Å². The minimum Gasteiger partial charge on any atom is -0.481 e. The largest absolute Gasteiger partial charge is 0.481 e. The van der Waals surface area contributed by atoms with Crippen molar-refractivity contribution in [3.8, 4) is 0 Å². The molecule has 1 aliphatic rings. The van der Waals surface area contributed by atoms with Gasteiger partial charge in [-0.25, -0.2) is 0 Å². The highest BCUT2D eigenvalue weighted by atomic mass is 32.1. The van der Waals surface area contributed by atoms with Gasteiger partial charge in [-0.3, -0.25) is 9.59 Å². The highest BCUT2D eigenvalue weighted by Gasteiger charge is 2.32. The average Bonchev–Trinajstić information content (AvgIpc) is 3.49. The van der Waals surface area contributed by atoms with Crippen LogP contribution in [0, 0.1) is 0 Å². The topological polar surface area (TPSA) is 98.7 Å². The predicted molar refractivity (Wildman–Crippen MR) is 137 cm³/mol. The molecule has 0 bridgehead atoms. The summed E-state index contributed by atoms with van der Waals surface area (Å²) in [5, 5.41) is 27.9. The van der Waals surface area contributed by atoms with Gasteiger partial charge in [-0.1, -0.05) is 24.3 Å². The molecule has 2 aromatic carbocycles. The van der Waals surface area contributed by atoms with Gasteiger partial charge in [0.05, 0.1) is 36.3 Å². The van der Waals surface area contributed by atoms with Gasteiger partial charge in [0.15, 0.2) is 0 Å². The van der Waals surface area contributed by atoms with E-state index in [0.29, 0.717) is 12.8 Å². The Kier molecular flexibility index (Phi) is 6.26. The van der Waals surface area contributed by atoms with Crippen LogP contribution in [0.5, 0.6) is 0 Å². The second kappa shape index (κ2) is 9.48. The molecule has 0 aliphatic carbocycles. The Morgan fingerprint density at radius 3 is 1.56 bits per heavy atom. The summed E-state index contributed by atoms with van der Waals surface area (Å²) in [5.41, 5.74) is 2.06. The van der Waals surface area contributed by atoms with Crippen molar-refractivity contribution in [1.29, 1.82) is 0 Å². The number of carboxylic acid groups (broad SMARTS) is 2. The van der Waals surface area contributed by atoms with Gasteiger partial charge in [0.2, 0.25) is 0 Å². The Morgan fingerprint density at radius 2 is 1.15 bits per heavy atom. The zero-order valence-electron chi connectivity index (χ0n) is 18.3. The van der Waals surface area contributed by atoms with Gasteiger partial charge in [-0.05, 0) is 60.0 Å². The van der Waals surface area contributed by atoms with Crippen molar-refractivity contribution >= 4 is 56.8 Å². The van der Waals surface area contributed by atoms with E-state index in [4.69, 9.17) is 10.2 Å². The SMILES string of the molecule is O=C(O)CCc1ccc(C2Nc3cc4ccccc4cc3NC2c2ccc(CCC(=O)O)s2)s1. The van der Waals surface area contributed by atoms with Crippen molar-refractivity contribution in [3.63, 3.8) is 0 Å². The molecule has 6 nitrogen and oxygen atoms in total. The van der Waals surface area contributed by atoms with E-state index >= 15 is 0 Å². The molecule has 1 aliphatic heterocycles. The lowest BCUT2D eigenvalue weighted by atomic mass is 9.98. The van der Waals surface area contributed by atoms with Crippen LogP contribution in [0.1, 0.15) is 44.4 Å². The molecule has 0 fully saturated rings. The van der Waals surface area contributed by atoms with Gasteiger partial charge in [0.25, 0.3) is 0 Å². The number of rotatable bonds is 8. The summed E-state index contributed by atoms with van der Waals surface area (Å²) in [7, 11) is 0. The first kappa shape index (κ1) is 22.4. The molecular weight excluding hydrogens is 468 g/mol. The Balaban J connectivity index is 1.49. The third-order valence-corrected chi connectivity index (χ3v) is 8.45. The van der Waals surface area contributed by atoms with Crippen LogP contribution in [0.2, 0.25) is 0 Å². The number of hydrogen-bond donors (Lipinski definition) is 4. The molecule has 0 saturated carbocycles. The molecule has 8 heteroatoms. The van der Waals surface area contributed by atoms with E-state index in [-0.39, 0.29) is 24.9 Å². The molecular formula is C26H24N2O4S2. The minimum absolute atomic E-state index is 0.0387. The number of thiophene rings is 2. The third kappa shape index (κ3) is 4.78. The maximum absolute atomic E-state index is 11.0. The Bertz CT molecular complexity index is 1260. The zero-order chi connectivity index (χ0) is 23.7. The van der Waals surface area contributed by atoms with Gasteiger partial charge >= 0.3 is 11.9 Å². The summed E-state index contributed by atoms with van der Waals surface area (Å²) >= 11 is 3.28. The maximum Gasteiger partial charge on any atom is 0.303 e. The highest BCUT2D eigenvalue weighted by molar-refractivity contribution is 7.12. The normalized spacial score (nSPS) is 17.1. The molecule has 0 radical (unpaired) electrons. The van der Waals surface area contributed by atoms with Crippen LogP contribution in [-0.4, -0.2) is 22.2 Å². The quantitative estimate of drug-likeness (QED) is 0.230. The van der Waals surface area contributed by atoms with E-state index in [0.717, 1.165) is 41.7 Å². The second-order valence-corrected chi connectivity index (χ2v) is 10.8. The van der Waals surface area contributed by atoms with E-state index in [9.17, 15) is 9.59 Å². The van der Waals surface area contributed by atoms with Crippen LogP contribution in [0.15, 0.2) is 60.7 Å². The molecule has 3 heterocycles. The van der Waals surface area contributed by atoms with Gasteiger partial charge in [0.1, 0.15) is 0 Å². The summed E-state index contributed by atoms with van der Waals surface area (Å²) in [5.74, 6) is -1.59. The Morgan fingerprint density at radius 1 is 0.706 bits per heavy atom. The first-order valence-electron chi connectivity index (χ1n) is 11.1. The summed E-state index contributed by atoms with van der Waals surface area (Å²) in [6.07, 6.45) is 1.27. The summed E-state index contributed by atoms with van der Waals surface area (Å²) in [6, 6.07) is 20.7. The molecule has 4 aromatic rings. The van der Waals surface area contributed by atoms with Crippen LogP contribution in [-0.2, 0) is 22.4 Å². The molecule has 0 amide bonds. The Labute approximate surface area is 204 Å². The molecule has 2 unspecified atom stereocenters. The molecule has 2 aromatic heterocycles. The van der Waals surface area contributed by atoms with Gasteiger partial charge < -0.3 is 20.8 Å². The number of aliphatic carboxylic acids is 2. The lowest BCUT2D eigenvalue weighted by molar-refractivity contribution is -0.137. The van der Waals surface area contributed by atoms with Crippen LogP contribution >= 0.6 is 22.7 Å². The van der Waals surface area contributed by atoms with Gasteiger partial charge in [-0.2, -0.15) is 0 Å². The van der Waals surface area contributed by atoms with Crippen LogP contribution in [0.25, 0.3) is 10.8 Å². The van der Waals surface area contributed by atoms with Crippen LogP contribution < -0.4 is 10.6 Å². The van der Waals surface area contributed by atoms with Crippen molar-refractivity contribution in [1.82, 2.24) is 0 Å². The average molecular weight is 493 g/mol. The molecule has 2 atom stereocenters. The summed E-state index contributed by atoms with van der Waals surface area (Å²) in [4.78, 5) is 26.4. The Hall–Kier alpha value is -3.36. The van der Waals surface area contributed by atoms with Crippen molar-refractivity contribution in [3.05, 3.63) is 80.2 Å². The minimum atomic E-state index is -0.793. The smallest absolute Gasteiger partial charge is 0.303 e. The zero-order valence-corrected chi connectivity index (χ0v) is 19.9. The van der Waals surface area contributed by atoms with Crippen LogP contribution in [0.4, 0.5) is 11.4 Å². The van der Waals surface area contributed by atoms with Crippen molar-refractivity contribution < 1.29 is 19.8 Å². The van der Waals surface area contributed by atoms with Crippen LogP contribution in [0.3, 0.4) is 0 Å². The number of carboxylic acids is 2. The van der Waals surface area contributed by atoms with Crippen molar-refractivity contribution in [2.75, 3.05) is 10.6 Å². The predicted octanol–water partition coefficient (Wildman–Crippen LogP) is 6.32. The highest BCUT2D eigenvalue weighted by Crippen LogP contribution is 2.46. The maximum atomic E-state index is 11.0. The fraction of sp³-hybridized carbons (Fsp3) is 0.231. The number of nitrogens with one attached hydrogen (secondary N) is 2. The standard InChI is InChI=1S/C26H24N2O4S2/c29-23(30)11-7-17-5-9-21(33-17)25-26(22-10-6-18(34-22)8-12-24(31)32)28-20-14-16-4-2-1-3-15(16)13-19(20)27-25/h1-6,9-10,13-14,25-28H,7-8,11-12H2,(H,29,30)(H,31,32). The van der Waals surface area contributed by atoms with E-state index in [1.165, 1.54) is 0 Å². The van der Waals surface area contributed by atoms with E-state index in [1.54, 1.807) is 22.7 Å². The number of benzene rings is 2. The molecule has 4 N–H and O–H groups in total. The second-order valence-electron chi connectivity index (χ2n) is 8.38. The van der Waals surface area contributed by atoms with Crippen molar-refractivity contribution in [2.24, 2.45) is 0 Å². The molecule has 174 valence electrons. The molecule has 0 saturated heterocycles. The van der Waals surface area contributed by atoms with E-state index < -0.39 is 11.9 Å². The monoisotopic (exact) mass is 492 g/mol. The van der Waals surface area contributed by atoms with E-state index in [2.05, 4.69) is 47.0 Å². The molecule has 0 spiro atoms. The number of fused-ring (bicyclic) bond motifs is 2. The van der Waals surface area contributed by atoms with Crippen molar-refractivity contribution in [2.45, 2.75) is 37.8 Å². The lowest BCUT2D eigenvalue weighted by Gasteiger charge is -2.35. The van der Waals surface area contributed by atoms with Gasteiger partial charge in [0, 0.05) is 19.5 Å². The first-order valence-corrected chi connectivity index (χ1v) is 12.8. The number of carbonyl (C=O) groups is 2. The number of aryl methyl sites for hydroxylation is 2. The fourth-order valence-corrected chi connectivity index (χ4v) is 6.51. The fourth-order valence-electron chi connectivity index (χ4n) is 4.30. The third-order valence-electron chi connectivity index (χ3n) is 5.99. The summed E-state index contributed by atoms with van der Waals surface area (Å²) < 4.78 is 0. The number of anilines is 2. The molecule has 34 heavy (non-hydrogen) atoms. The lowest BCUT2D eigenvalue weighted by Crippen LogP contribution is -2.29. The van der Waals surface area contributed by atoms with E-state index in [1.807, 2.05) is 24.3 Å².